The minimum Gasteiger partial charge on any atom is -0.394 e. The SMILES string of the molecule is Cc1ccccc1N(C)C(CN)CO. The van der Waals surface area contributed by atoms with Crippen molar-refractivity contribution in [2.24, 2.45) is 5.73 Å². The van der Waals surface area contributed by atoms with Crippen LogP contribution in [0.3, 0.4) is 0 Å². The molecule has 14 heavy (non-hydrogen) atoms. The molecular weight excluding hydrogens is 176 g/mol. The molecule has 0 aromatic heterocycles. The van der Waals surface area contributed by atoms with Crippen molar-refractivity contribution < 1.29 is 5.11 Å². The Morgan fingerprint density at radius 2 is 2.07 bits per heavy atom. The van der Waals surface area contributed by atoms with Gasteiger partial charge in [0, 0.05) is 19.3 Å². The van der Waals surface area contributed by atoms with Crippen molar-refractivity contribution in [3.63, 3.8) is 0 Å². The Hall–Kier alpha value is -1.06. The average Bonchev–Trinajstić information content (AvgIpc) is 2.20. The van der Waals surface area contributed by atoms with Gasteiger partial charge in [-0.25, -0.2) is 0 Å². The molecule has 1 atom stereocenters. The highest BCUT2D eigenvalue weighted by Gasteiger charge is 2.13. The summed E-state index contributed by atoms with van der Waals surface area (Å²) in [7, 11) is 1.95. The Bertz CT molecular complexity index is 284. The molecule has 0 aliphatic rings. The third-order valence-electron chi connectivity index (χ3n) is 2.53. The second-order valence-electron chi connectivity index (χ2n) is 3.47. The molecule has 0 amide bonds. The van der Waals surface area contributed by atoms with Gasteiger partial charge in [-0.05, 0) is 18.6 Å². The van der Waals surface area contributed by atoms with Crippen LogP contribution in [0.1, 0.15) is 5.56 Å². The van der Waals surface area contributed by atoms with Gasteiger partial charge in [-0.2, -0.15) is 0 Å². The highest BCUT2D eigenvalue weighted by atomic mass is 16.3. The maximum Gasteiger partial charge on any atom is 0.0647 e. The zero-order valence-corrected chi connectivity index (χ0v) is 8.77. The van der Waals surface area contributed by atoms with E-state index in [1.54, 1.807) is 0 Å². The number of aryl methyl sites for hydroxylation is 1. The van der Waals surface area contributed by atoms with Crippen LogP contribution in [0.4, 0.5) is 5.69 Å². The third kappa shape index (κ3) is 2.25. The summed E-state index contributed by atoms with van der Waals surface area (Å²) in [6.07, 6.45) is 0. The van der Waals surface area contributed by atoms with E-state index in [-0.39, 0.29) is 12.6 Å². The van der Waals surface area contributed by atoms with Gasteiger partial charge in [-0.1, -0.05) is 18.2 Å². The summed E-state index contributed by atoms with van der Waals surface area (Å²) in [4.78, 5) is 2.02. The Kier molecular flexibility index (Phi) is 3.92. The number of anilines is 1. The van der Waals surface area contributed by atoms with Gasteiger partial charge in [0.2, 0.25) is 0 Å². The Morgan fingerprint density at radius 1 is 1.43 bits per heavy atom. The maximum atomic E-state index is 9.13. The highest BCUT2D eigenvalue weighted by molar-refractivity contribution is 5.53. The first-order chi connectivity index (χ1) is 6.70. The summed E-state index contributed by atoms with van der Waals surface area (Å²) in [5.74, 6) is 0. The van der Waals surface area contributed by atoms with Crippen LogP contribution in [0.2, 0.25) is 0 Å². The summed E-state index contributed by atoms with van der Waals surface area (Å²) >= 11 is 0. The van der Waals surface area contributed by atoms with E-state index in [4.69, 9.17) is 10.8 Å². The molecule has 0 bridgehead atoms. The predicted octanol–water partition coefficient (Wildman–Crippen LogP) is 0.751. The fourth-order valence-corrected chi connectivity index (χ4v) is 1.51. The number of likely N-dealkylation sites (N-methyl/N-ethyl adjacent to an activating group) is 1. The molecule has 1 rings (SSSR count). The molecule has 3 nitrogen and oxygen atoms in total. The minimum absolute atomic E-state index is 0.00361. The second kappa shape index (κ2) is 4.98. The standard InChI is InChI=1S/C11H18N2O/c1-9-5-3-4-6-11(9)13(2)10(7-12)8-14/h3-6,10,14H,7-8,12H2,1-2H3. The van der Waals surface area contributed by atoms with Crippen LogP contribution in [0.25, 0.3) is 0 Å². The topological polar surface area (TPSA) is 49.5 Å². The molecule has 0 aliphatic carbocycles. The maximum absolute atomic E-state index is 9.13. The van der Waals surface area contributed by atoms with Crippen molar-refractivity contribution in [1.82, 2.24) is 0 Å². The van der Waals surface area contributed by atoms with Gasteiger partial charge in [-0.3, -0.25) is 0 Å². The molecule has 0 saturated carbocycles. The number of rotatable bonds is 4. The first-order valence-electron chi connectivity index (χ1n) is 4.80. The van der Waals surface area contributed by atoms with Crippen LogP contribution >= 0.6 is 0 Å². The van der Waals surface area contributed by atoms with Crippen molar-refractivity contribution in [1.29, 1.82) is 0 Å². The molecule has 3 heteroatoms. The molecule has 0 saturated heterocycles. The first-order valence-corrected chi connectivity index (χ1v) is 4.80. The fourth-order valence-electron chi connectivity index (χ4n) is 1.51. The molecule has 1 unspecified atom stereocenters. The Morgan fingerprint density at radius 3 is 2.57 bits per heavy atom. The lowest BCUT2D eigenvalue weighted by atomic mass is 10.1. The average molecular weight is 194 g/mol. The van der Waals surface area contributed by atoms with E-state index in [9.17, 15) is 0 Å². The summed E-state index contributed by atoms with van der Waals surface area (Å²) in [6.45, 7) is 2.60. The van der Waals surface area contributed by atoms with Crippen molar-refractivity contribution in [3.8, 4) is 0 Å². The smallest absolute Gasteiger partial charge is 0.0647 e. The molecule has 3 N–H and O–H groups in total. The van der Waals surface area contributed by atoms with Crippen LogP contribution in [0.5, 0.6) is 0 Å². The largest absolute Gasteiger partial charge is 0.394 e. The van der Waals surface area contributed by atoms with Crippen LogP contribution in [-0.2, 0) is 0 Å². The zero-order valence-electron chi connectivity index (χ0n) is 8.77. The summed E-state index contributed by atoms with van der Waals surface area (Å²) in [5.41, 5.74) is 7.89. The van der Waals surface area contributed by atoms with Gasteiger partial charge in [0.05, 0.1) is 12.6 Å². The molecule has 78 valence electrons. The molecule has 0 spiro atoms. The third-order valence-corrected chi connectivity index (χ3v) is 2.53. The molecule has 0 radical (unpaired) electrons. The van der Waals surface area contributed by atoms with Gasteiger partial charge in [0.1, 0.15) is 0 Å². The molecule has 0 heterocycles. The number of nitrogens with two attached hydrogens (primary N) is 1. The van der Waals surface area contributed by atoms with E-state index < -0.39 is 0 Å². The quantitative estimate of drug-likeness (QED) is 0.743. The number of benzene rings is 1. The predicted molar refractivity (Wildman–Crippen MR) is 59.5 cm³/mol. The number of hydrogen-bond acceptors (Lipinski definition) is 3. The molecular formula is C11H18N2O. The van der Waals surface area contributed by atoms with Crippen molar-refractivity contribution in [2.75, 3.05) is 25.1 Å². The number of hydrogen-bond donors (Lipinski definition) is 2. The lowest BCUT2D eigenvalue weighted by Crippen LogP contribution is -2.41. The second-order valence-corrected chi connectivity index (χ2v) is 3.47. The van der Waals surface area contributed by atoms with Crippen LogP contribution in [-0.4, -0.2) is 31.3 Å². The van der Waals surface area contributed by atoms with Gasteiger partial charge in [-0.15, -0.1) is 0 Å². The number of aliphatic hydroxyl groups excluding tert-OH is 1. The highest BCUT2D eigenvalue weighted by Crippen LogP contribution is 2.19. The lowest BCUT2D eigenvalue weighted by molar-refractivity contribution is 0.265. The van der Waals surface area contributed by atoms with Crippen LogP contribution < -0.4 is 10.6 Å². The molecule has 1 aromatic carbocycles. The van der Waals surface area contributed by atoms with Crippen LogP contribution in [0, 0.1) is 6.92 Å². The van der Waals surface area contributed by atoms with E-state index in [1.165, 1.54) is 5.56 Å². The van der Waals surface area contributed by atoms with E-state index in [2.05, 4.69) is 13.0 Å². The van der Waals surface area contributed by atoms with Gasteiger partial charge in [0.25, 0.3) is 0 Å². The minimum atomic E-state index is -0.00361. The van der Waals surface area contributed by atoms with E-state index in [0.29, 0.717) is 6.54 Å². The zero-order chi connectivity index (χ0) is 10.6. The van der Waals surface area contributed by atoms with Gasteiger partial charge < -0.3 is 15.7 Å². The van der Waals surface area contributed by atoms with Crippen molar-refractivity contribution in [2.45, 2.75) is 13.0 Å². The Labute approximate surface area is 85.2 Å². The first kappa shape index (κ1) is 11.0. The fraction of sp³-hybridized carbons (Fsp3) is 0.455. The van der Waals surface area contributed by atoms with Crippen molar-refractivity contribution >= 4 is 5.69 Å². The van der Waals surface area contributed by atoms with E-state index >= 15 is 0 Å². The summed E-state index contributed by atoms with van der Waals surface area (Å²) in [6, 6.07) is 8.08. The number of aliphatic hydroxyl groups is 1. The monoisotopic (exact) mass is 194 g/mol. The molecule has 0 aliphatic heterocycles. The normalized spacial score (nSPS) is 12.6. The van der Waals surface area contributed by atoms with Gasteiger partial charge in [0.15, 0.2) is 0 Å². The molecule has 0 fully saturated rings. The summed E-state index contributed by atoms with van der Waals surface area (Å²) < 4.78 is 0. The Balaban J connectivity index is 2.88. The number of nitrogens with zero attached hydrogens (tertiary/aromatic N) is 1. The van der Waals surface area contributed by atoms with Crippen molar-refractivity contribution in [3.05, 3.63) is 29.8 Å². The van der Waals surface area contributed by atoms with E-state index in [0.717, 1.165) is 5.69 Å². The lowest BCUT2D eigenvalue weighted by Gasteiger charge is -2.28. The van der Waals surface area contributed by atoms with Gasteiger partial charge >= 0.3 is 0 Å². The van der Waals surface area contributed by atoms with E-state index in [1.807, 2.05) is 30.1 Å². The summed E-state index contributed by atoms with van der Waals surface area (Å²) in [5, 5.41) is 9.13. The van der Waals surface area contributed by atoms with Crippen LogP contribution in [0.15, 0.2) is 24.3 Å². The molecule has 1 aromatic rings. The number of para-hydroxylation sites is 1.